The predicted octanol–water partition coefficient (Wildman–Crippen LogP) is 7.56. The minimum absolute atomic E-state index is 0.0256. The summed E-state index contributed by atoms with van der Waals surface area (Å²) < 4.78 is 9.74. The van der Waals surface area contributed by atoms with Gasteiger partial charge in [0.25, 0.3) is 23.6 Å². The highest BCUT2D eigenvalue weighted by Crippen LogP contribution is 2.38. The Morgan fingerprint density at radius 3 is 1.45 bits per heavy atom. The first kappa shape index (κ1) is 58.1. The van der Waals surface area contributed by atoms with Crippen molar-refractivity contribution in [3.05, 3.63) is 83.7 Å². The van der Waals surface area contributed by atoms with E-state index in [1.54, 1.807) is 91.9 Å². The fraction of sp³-hybridized carbons (Fsp3) is 0.548. The smallest absolute Gasteiger partial charge is 0.410 e. The van der Waals surface area contributed by atoms with Gasteiger partial charge in [0, 0.05) is 133 Å². The van der Waals surface area contributed by atoms with E-state index in [0.717, 1.165) is 113 Å². The molecule has 7 aliphatic rings. The summed E-state index contributed by atoms with van der Waals surface area (Å²) in [6.45, 7) is 8.36. The maximum atomic E-state index is 13.8. The van der Waals surface area contributed by atoms with Gasteiger partial charge in [-0.15, -0.1) is 0 Å². The molecule has 5 atom stereocenters. The van der Waals surface area contributed by atoms with E-state index < -0.39 is 17.7 Å². The monoisotopic (exact) mass is 1170 g/mol. The molecule has 0 aromatic carbocycles. The second-order valence-corrected chi connectivity index (χ2v) is 25.7. The van der Waals surface area contributed by atoms with E-state index >= 15 is 0 Å². The van der Waals surface area contributed by atoms with Crippen LogP contribution < -0.4 is 16.0 Å². The molecule has 86 heavy (non-hydrogen) atoms. The molecule has 11 heterocycles. The molecule has 6 aromatic rings. The fourth-order valence-corrected chi connectivity index (χ4v) is 13.9. The summed E-state index contributed by atoms with van der Waals surface area (Å²) in [6.07, 6.45) is 20.1. The molecule has 5 aliphatic heterocycles. The number of hydrogen-bond donors (Lipinski definition) is 3. The number of likely N-dealkylation sites (tertiary alicyclic amines) is 3. The number of aromatic nitrogens is 8. The molecule has 3 N–H and O–H groups in total. The Morgan fingerprint density at radius 1 is 0.558 bits per heavy atom. The zero-order chi connectivity index (χ0) is 60.1. The summed E-state index contributed by atoms with van der Waals surface area (Å²) in [7, 11) is 7.04. The Labute approximate surface area is 500 Å². The van der Waals surface area contributed by atoms with Gasteiger partial charge in [-0.1, -0.05) is 25.7 Å². The molecule has 7 fully saturated rings. The molecule has 2 aliphatic carbocycles. The Balaban J connectivity index is 0.000000177. The van der Waals surface area contributed by atoms with Gasteiger partial charge in [-0.25, -0.2) is 24.7 Å². The van der Waals surface area contributed by atoms with Crippen LogP contribution in [0.3, 0.4) is 0 Å². The van der Waals surface area contributed by atoms with Crippen molar-refractivity contribution in [1.82, 2.24) is 73.8 Å². The Hall–Kier alpha value is -8.28. The molecular formula is C62H79N17O7. The molecule has 2 saturated carbocycles. The molecule has 0 radical (unpaired) electrons. The quantitative estimate of drug-likeness (QED) is 0.113. The molecule has 24 nitrogen and oxygen atoms in total. The van der Waals surface area contributed by atoms with Gasteiger partial charge in [0.15, 0.2) is 0 Å². The molecule has 0 spiro atoms. The van der Waals surface area contributed by atoms with Gasteiger partial charge in [0.2, 0.25) is 17.8 Å². The Morgan fingerprint density at radius 2 is 1.02 bits per heavy atom. The van der Waals surface area contributed by atoms with Crippen molar-refractivity contribution in [2.75, 3.05) is 71.5 Å². The number of pyridine rings is 2. The summed E-state index contributed by atoms with van der Waals surface area (Å²) >= 11 is 0. The van der Waals surface area contributed by atoms with Gasteiger partial charge in [-0.2, -0.15) is 9.97 Å². The SMILES string of the molecule is CN(C)C(=O)c1cc2cnc(Nc3ccc(C(=O)N4CC5CCC(C4)N5)cn3)nc2n1C1CCCC1.CN(C)C(=O)c1cc2cnc(Nc3ccc(C(=O)N4CC5CCC(C4)N5C(=O)C4CCCN4C(=O)OC(C)(C)C)cn3)nc2n1C1CCCC1. The molecule has 24 heteroatoms. The summed E-state index contributed by atoms with van der Waals surface area (Å²) in [5.74, 6) is 1.58. The fourth-order valence-electron chi connectivity index (χ4n) is 13.9. The van der Waals surface area contributed by atoms with Gasteiger partial charge >= 0.3 is 6.09 Å². The lowest BCUT2D eigenvalue weighted by molar-refractivity contribution is -0.141. The standard InChI is InChI=1S/C36H47N9O5.C26H32N8O2/c1-36(2,3)50-35(49)43-16-8-11-27(43)33(48)44-25-13-14-26(44)21-42(20-25)31(46)22-12-15-29(37-18-22)39-34-38-19-23-17-28(32(47)41(4)5)45(30(23)40-34)24-9-6-7-10-24;1-32(2)25(36)21-11-17-13-28-26(31-23(17)34(21)20-5-3-4-6-20)30-22-10-7-16(12-27-22)24(35)33-14-18-8-9-19(15-33)29-18/h12,15,17-19,24-27H,6-11,13-14,16,20-21H2,1-5H3,(H,37,38,39,40);7,10-13,18-20,29H,3-6,8-9,14-15H2,1-2H3,(H,27,28,30,31). The first-order valence-electron chi connectivity index (χ1n) is 30.7. The number of nitrogens with zero attached hydrogens (tertiary/aromatic N) is 14. The normalized spacial score (nSPS) is 22.1. The van der Waals surface area contributed by atoms with Crippen molar-refractivity contribution in [3.8, 4) is 0 Å². The van der Waals surface area contributed by atoms with Gasteiger partial charge in [-0.05, 0) is 121 Å². The zero-order valence-electron chi connectivity index (χ0n) is 50.4. The van der Waals surface area contributed by atoms with Crippen molar-refractivity contribution >= 4 is 81.2 Å². The maximum Gasteiger partial charge on any atom is 0.410 e. The number of amides is 6. The number of carbonyl (C=O) groups excluding carboxylic acids is 6. The number of carbonyl (C=O) groups is 6. The number of hydrogen-bond acceptors (Lipinski definition) is 16. The van der Waals surface area contributed by atoms with E-state index in [9.17, 15) is 28.8 Å². The predicted molar refractivity (Wildman–Crippen MR) is 323 cm³/mol. The van der Waals surface area contributed by atoms with Gasteiger partial charge in [0.05, 0.1) is 11.1 Å². The van der Waals surface area contributed by atoms with Crippen LogP contribution in [0.2, 0.25) is 0 Å². The van der Waals surface area contributed by atoms with Crippen LogP contribution in [0.1, 0.15) is 164 Å². The number of piperazine rings is 2. The van der Waals surface area contributed by atoms with Crippen LogP contribution in [0, 0.1) is 0 Å². The van der Waals surface area contributed by atoms with Crippen molar-refractivity contribution in [2.24, 2.45) is 0 Å². The van der Waals surface area contributed by atoms with Crippen molar-refractivity contribution in [2.45, 2.75) is 159 Å². The van der Waals surface area contributed by atoms with Crippen LogP contribution in [0.15, 0.2) is 61.2 Å². The molecule has 5 unspecified atom stereocenters. The van der Waals surface area contributed by atoms with Crippen molar-refractivity contribution in [3.63, 3.8) is 0 Å². The van der Waals surface area contributed by atoms with Crippen molar-refractivity contribution < 1.29 is 33.5 Å². The highest BCUT2D eigenvalue weighted by molar-refractivity contribution is 5.99. The summed E-state index contributed by atoms with van der Waals surface area (Å²) in [6, 6.07) is 11.4. The topological polar surface area (TPSA) is 254 Å². The maximum absolute atomic E-state index is 13.8. The molecule has 6 aromatic heterocycles. The molecule has 13 rings (SSSR count). The third-order valence-corrected chi connectivity index (χ3v) is 18.0. The van der Waals surface area contributed by atoms with Crippen LogP contribution in [0.5, 0.6) is 0 Å². The number of ether oxygens (including phenoxy) is 1. The zero-order valence-corrected chi connectivity index (χ0v) is 50.4. The summed E-state index contributed by atoms with van der Waals surface area (Å²) in [5.41, 5.74) is 3.14. The van der Waals surface area contributed by atoms with E-state index in [4.69, 9.17) is 14.7 Å². The van der Waals surface area contributed by atoms with Crippen LogP contribution in [-0.2, 0) is 9.53 Å². The highest BCUT2D eigenvalue weighted by Gasteiger charge is 2.48. The minimum Gasteiger partial charge on any atom is -0.444 e. The van der Waals surface area contributed by atoms with Crippen LogP contribution in [-0.4, -0.2) is 201 Å². The summed E-state index contributed by atoms with van der Waals surface area (Å²) in [4.78, 5) is 117. The van der Waals surface area contributed by atoms with E-state index in [0.29, 0.717) is 89.8 Å². The molecule has 4 bridgehead atoms. The van der Waals surface area contributed by atoms with Gasteiger partial charge < -0.3 is 54.3 Å². The van der Waals surface area contributed by atoms with Gasteiger partial charge in [-0.3, -0.25) is 28.9 Å². The lowest BCUT2D eigenvalue weighted by Crippen LogP contribution is -2.60. The molecule has 6 amide bonds. The minimum atomic E-state index is -0.635. The van der Waals surface area contributed by atoms with Crippen LogP contribution in [0.4, 0.5) is 28.3 Å². The molecule has 454 valence electrons. The van der Waals surface area contributed by atoms with E-state index in [1.165, 1.54) is 0 Å². The van der Waals surface area contributed by atoms with Gasteiger partial charge in [0.1, 0.15) is 46.0 Å². The van der Waals surface area contributed by atoms with Crippen LogP contribution >= 0.6 is 0 Å². The average molecular weight is 1170 g/mol. The Bertz CT molecular complexity index is 3520. The van der Waals surface area contributed by atoms with E-state index in [-0.39, 0.29) is 53.7 Å². The lowest BCUT2D eigenvalue weighted by atomic mass is 10.1. The lowest BCUT2D eigenvalue weighted by Gasteiger charge is -2.43. The number of rotatable bonds is 11. The number of fused-ring (bicyclic) bond motifs is 6. The largest absolute Gasteiger partial charge is 0.444 e. The number of nitrogens with one attached hydrogen (secondary N) is 3. The molecule has 5 saturated heterocycles. The second-order valence-electron chi connectivity index (χ2n) is 25.7. The number of anilines is 4. The average Bonchev–Trinajstić information content (AvgIpc) is 1.83. The second kappa shape index (κ2) is 23.9. The first-order chi connectivity index (χ1) is 41.3. The third kappa shape index (κ3) is 11.9. The van der Waals surface area contributed by atoms with Crippen molar-refractivity contribution in [1.29, 1.82) is 0 Å². The first-order valence-corrected chi connectivity index (χ1v) is 30.7. The Kier molecular flexibility index (Phi) is 16.1. The highest BCUT2D eigenvalue weighted by atomic mass is 16.6. The molecular weight excluding hydrogens is 1090 g/mol. The van der Waals surface area contributed by atoms with E-state index in [1.807, 2.05) is 47.6 Å². The summed E-state index contributed by atoms with van der Waals surface area (Å²) in [5, 5.41) is 11.5. The van der Waals surface area contributed by atoms with E-state index in [2.05, 4.69) is 45.0 Å². The third-order valence-electron chi connectivity index (χ3n) is 18.0. The van der Waals surface area contributed by atoms with Crippen LogP contribution in [0.25, 0.3) is 22.1 Å².